The molecule has 0 radical (unpaired) electrons. The molecule has 0 aliphatic rings. The number of benzene rings is 8. The molecule has 6 heteroatoms. The molecule has 0 fully saturated rings. The molecule has 6 nitrogen and oxygen atoms in total. The molecule has 0 saturated heterocycles. The van der Waals surface area contributed by atoms with Gasteiger partial charge in [0.25, 0.3) is 0 Å². The van der Waals surface area contributed by atoms with Crippen LogP contribution in [0.2, 0.25) is 0 Å². The standard InChI is InChI=1S/C50H31N5O/c1-3-16-32(17-4-1)49-51-50(33-18-5-2-6-19-33)55(52-49)43-28-15-27-41-46(43)34-20-7-10-23-37(34)53(41)39-25-12-13-26-40(39)54-38-24-11-8-21-35(38)47-42(54)30-31-45-48(47)36-22-9-14-29-44(36)56-45/h1-31H. The molecule has 0 spiro atoms. The van der Waals surface area contributed by atoms with E-state index in [4.69, 9.17) is 14.5 Å². The van der Waals surface area contributed by atoms with Gasteiger partial charge in [-0.3, -0.25) is 0 Å². The van der Waals surface area contributed by atoms with Crippen molar-refractivity contribution in [2.24, 2.45) is 0 Å². The number of rotatable bonds is 5. The van der Waals surface area contributed by atoms with Gasteiger partial charge in [0, 0.05) is 43.4 Å². The summed E-state index contributed by atoms with van der Waals surface area (Å²) in [5.41, 5.74) is 11.3. The van der Waals surface area contributed by atoms with Crippen LogP contribution >= 0.6 is 0 Å². The summed E-state index contributed by atoms with van der Waals surface area (Å²) in [5, 5.41) is 12.1. The Morgan fingerprint density at radius 3 is 1.61 bits per heavy atom. The zero-order chi connectivity index (χ0) is 36.7. The second kappa shape index (κ2) is 11.9. The van der Waals surface area contributed by atoms with E-state index in [9.17, 15) is 0 Å². The highest BCUT2D eigenvalue weighted by Crippen LogP contribution is 2.43. The van der Waals surface area contributed by atoms with Crippen LogP contribution in [0.3, 0.4) is 0 Å². The molecule has 262 valence electrons. The molecule has 4 aromatic heterocycles. The van der Waals surface area contributed by atoms with E-state index in [0.717, 1.165) is 88.8 Å². The summed E-state index contributed by atoms with van der Waals surface area (Å²) < 4.78 is 13.2. The van der Waals surface area contributed by atoms with Crippen molar-refractivity contribution < 1.29 is 4.42 Å². The van der Waals surface area contributed by atoms with Gasteiger partial charge in [0.05, 0.1) is 39.1 Å². The van der Waals surface area contributed by atoms with Gasteiger partial charge < -0.3 is 13.6 Å². The van der Waals surface area contributed by atoms with Gasteiger partial charge >= 0.3 is 0 Å². The van der Waals surface area contributed by atoms with E-state index in [1.54, 1.807) is 0 Å². The second-order valence-electron chi connectivity index (χ2n) is 14.2. The summed E-state index contributed by atoms with van der Waals surface area (Å²) in [5.74, 6) is 1.47. The first-order valence-electron chi connectivity index (χ1n) is 18.9. The molecule has 12 aromatic rings. The molecule has 0 aliphatic heterocycles. The number of furan rings is 1. The monoisotopic (exact) mass is 717 g/mol. The lowest BCUT2D eigenvalue weighted by Gasteiger charge is -2.16. The van der Waals surface area contributed by atoms with Crippen molar-refractivity contribution in [3.05, 3.63) is 188 Å². The summed E-state index contributed by atoms with van der Waals surface area (Å²) in [6, 6.07) is 65.9. The van der Waals surface area contributed by atoms with Crippen molar-refractivity contribution in [2.75, 3.05) is 0 Å². The number of para-hydroxylation sites is 5. The smallest absolute Gasteiger partial charge is 0.182 e. The van der Waals surface area contributed by atoms with Crippen molar-refractivity contribution in [1.29, 1.82) is 0 Å². The van der Waals surface area contributed by atoms with E-state index in [1.165, 1.54) is 10.8 Å². The molecule has 0 aliphatic carbocycles. The van der Waals surface area contributed by atoms with Crippen LogP contribution in [0.5, 0.6) is 0 Å². The van der Waals surface area contributed by atoms with Crippen LogP contribution in [0.4, 0.5) is 0 Å². The Kier molecular flexibility index (Phi) is 6.53. The average Bonchev–Trinajstić information content (AvgIpc) is 4.04. The number of nitrogens with zero attached hydrogens (tertiary/aromatic N) is 5. The number of aromatic nitrogens is 5. The molecule has 0 N–H and O–H groups in total. The minimum absolute atomic E-state index is 0.682. The highest BCUT2D eigenvalue weighted by molar-refractivity contribution is 6.27. The van der Waals surface area contributed by atoms with Gasteiger partial charge in [-0.05, 0) is 54.6 Å². The first-order chi connectivity index (χ1) is 27.8. The van der Waals surface area contributed by atoms with Gasteiger partial charge in [0.15, 0.2) is 11.6 Å². The van der Waals surface area contributed by atoms with Crippen molar-refractivity contribution in [1.82, 2.24) is 23.9 Å². The lowest BCUT2D eigenvalue weighted by molar-refractivity contribution is 0.669. The lowest BCUT2D eigenvalue weighted by atomic mass is 10.1. The molecule has 0 bridgehead atoms. The Morgan fingerprint density at radius 1 is 0.357 bits per heavy atom. The van der Waals surface area contributed by atoms with Gasteiger partial charge in [-0.15, -0.1) is 5.10 Å². The summed E-state index contributed by atoms with van der Waals surface area (Å²) in [6.07, 6.45) is 0. The number of hydrogen-bond donors (Lipinski definition) is 0. The van der Waals surface area contributed by atoms with E-state index >= 15 is 0 Å². The average molecular weight is 718 g/mol. The van der Waals surface area contributed by atoms with Crippen LogP contribution in [0.15, 0.2) is 192 Å². The summed E-state index contributed by atoms with van der Waals surface area (Å²) in [4.78, 5) is 5.16. The fourth-order valence-electron chi connectivity index (χ4n) is 8.78. The van der Waals surface area contributed by atoms with E-state index in [2.05, 4.69) is 167 Å². The molecule has 0 atom stereocenters. The van der Waals surface area contributed by atoms with Gasteiger partial charge in [0.1, 0.15) is 11.2 Å². The van der Waals surface area contributed by atoms with Crippen molar-refractivity contribution in [3.8, 4) is 39.8 Å². The van der Waals surface area contributed by atoms with Crippen molar-refractivity contribution in [2.45, 2.75) is 0 Å². The fraction of sp³-hybridized carbons (Fsp3) is 0. The zero-order valence-electron chi connectivity index (χ0n) is 30.0. The zero-order valence-corrected chi connectivity index (χ0v) is 30.0. The Morgan fingerprint density at radius 2 is 0.893 bits per heavy atom. The molecule has 12 rings (SSSR count). The lowest BCUT2D eigenvalue weighted by Crippen LogP contribution is -2.04. The maximum Gasteiger partial charge on any atom is 0.182 e. The first-order valence-corrected chi connectivity index (χ1v) is 18.9. The summed E-state index contributed by atoms with van der Waals surface area (Å²) in [6.45, 7) is 0. The molecular weight excluding hydrogens is 687 g/mol. The third-order valence-corrected chi connectivity index (χ3v) is 11.1. The molecule has 0 saturated carbocycles. The largest absolute Gasteiger partial charge is 0.456 e. The third kappa shape index (κ3) is 4.38. The minimum Gasteiger partial charge on any atom is -0.456 e. The minimum atomic E-state index is 0.682. The summed E-state index contributed by atoms with van der Waals surface area (Å²) >= 11 is 0. The van der Waals surface area contributed by atoms with E-state index in [-0.39, 0.29) is 0 Å². The molecule has 0 unspecified atom stereocenters. The van der Waals surface area contributed by atoms with Crippen LogP contribution in [-0.4, -0.2) is 23.9 Å². The normalized spacial score (nSPS) is 11.9. The van der Waals surface area contributed by atoms with Gasteiger partial charge in [-0.25, -0.2) is 9.67 Å². The Balaban J connectivity index is 1.15. The van der Waals surface area contributed by atoms with Crippen LogP contribution in [0.25, 0.3) is 105 Å². The topological polar surface area (TPSA) is 53.7 Å². The van der Waals surface area contributed by atoms with Crippen molar-refractivity contribution >= 4 is 65.6 Å². The predicted molar refractivity (Wildman–Crippen MR) is 228 cm³/mol. The predicted octanol–water partition coefficient (Wildman–Crippen LogP) is 12.7. The molecule has 4 heterocycles. The highest BCUT2D eigenvalue weighted by atomic mass is 16.3. The molecule has 56 heavy (non-hydrogen) atoms. The number of hydrogen-bond acceptors (Lipinski definition) is 3. The quantitative estimate of drug-likeness (QED) is 0.178. The maximum absolute atomic E-state index is 6.39. The Bertz CT molecular complexity index is 3480. The highest BCUT2D eigenvalue weighted by Gasteiger charge is 2.24. The van der Waals surface area contributed by atoms with Crippen LogP contribution in [0.1, 0.15) is 0 Å². The fourth-order valence-corrected chi connectivity index (χ4v) is 8.78. The first kappa shape index (κ1) is 30.7. The van der Waals surface area contributed by atoms with Crippen molar-refractivity contribution in [3.63, 3.8) is 0 Å². The Hall–Kier alpha value is -7.70. The SMILES string of the molecule is c1ccc(-c2nc(-c3ccccc3)n(-c3cccc4c3c3ccccc3n4-c3ccccc3-n3c4ccccc4c4c5c(ccc43)oc3ccccc35)n2)cc1. The molecular formula is C50H31N5O. The number of fused-ring (bicyclic) bond motifs is 10. The Labute approximate surface area is 320 Å². The van der Waals surface area contributed by atoms with Crippen LogP contribution < -0.4 is 0 Å². The van der Waals surface area contributed by atoms with Gasteiger partial charge in [-0.2, -0.15) is 0 Å². The second-order valence-corrected chi connectivity index (χ2v) is 14.2. The van der Waals surface area contributed by atoms with E-state index < -0.39 is 0 Å². The van der Waals surface area contributed by atoms with Crippen LogP contribution in [-0.2, 0) is 0 Å². The van der Waals surface area contributed by atoms with E-state index in [0.29, 0.717) is 5.82 Å². The maximum atomic E-state index is 6.39. The molecule has 0 amide bonds. The van der Waals surface area contributed by atoms with Crippen LogP contribution in [0, 0.1) is 0 Å². The van der Waals surface area contributed by atoms with E-state index in [1.807, 2.05) is 35.0 Å². The van der Waals surface area contributed by atoms with Gasteiger partial charge in [-0.1, -0.05) is 133 Å². The van der Waals surface area contributed by atoms with Gasteiger partial charge in [0.2, 0.25) is 0 Å². The third-order valence-electron chi connectivity index (χ3n) is 11.1. The summed E-state index contributed by atoms with van der Waals surface area (Å²) in [7, 11) is 0. The molecule has 8 aromatic carbocycles.